The van der Waals surface area contributed by atoms with Crippen LogP contribution in [0.4, 0.5) is 11.4 Å². The van der Waals surface area contributed by atoms with Gasteiger partial charge in [-0.25, -0.2) is 0 Å². The second-order valence-corrected chi connectivity index (χ2v) is 10.5. The summed E-state index contributed by atoms with van der Waals surface area (Å²) in [6.07, 6.45) is 1.02. The summed E-state index contributed by atoms with van der Waals surface area (Å²) in [7, 11) is 4.79. The van der Waals surface area contributed by atoms with Crippen LogP contribution in [0.3, 0.4) is 0 Å². The predicted octanol–water partition coefficient (Wildman–Crippen LogP) is 7.27. The molecule has 42 heavy (non-hydrogen) atoms. The molecule has 7 heteroatoms. The minimum atomic E-state index is -0.312. The third kappa shape index (κ3) is 5.38. The number of nitrogens with one attached hydrogen (secondary N) is 2. The summed E-state index contributed by atoms with van der Waals surface area (Å²) in [5.41, 5.74) is 6.62. The topological polar surface area (TPSA) is 78.1 Å². The lowest BCUT2D eigenvalue weighted by Gasteiger charge is -2.30. The Bertz CT molecular complexity index is 1590. The van der Waals surface area contributed by atoms with Crippen LogP contribution in [0.15, 0.2) is 102 Å². The van der Waals surface area contributed by atoms with Crippen LogP contribution in [0.5, 0.6) is 23.0 Å². The highest BCUT2D eigenvalue weighted by Crippen LogP contribution is 2.47. The normalized spacial score (nSPS) is 17.6. The van der Waals surface area contributed by atoms with E-state index < -0.39 is 0 Å². The number of ether oxygens (including phenoxy) is 4. The monoisotopic (exact) mass is 562 g/mol. The molecule has 2 atom stereocenters. The highest BCUT2D eigenvalue weighted by Gasteiger charge is 2.36. The Labute approximate surface area is 246 Å². The van der Waals surface area contributed by atoms with Crippen LogP contribution in [0.1, 0.15) is 41.5 Å². The molecular formula is C35H34N2O5. The van der Waals surface area contributed by atoms with E-state index in [2.05, 4.69) is 10.6 Å². The van der Waals surface area contributed by atoms with Crippen LogP contribution >= 0.6 is 0 Å². The maximum atomic E-state index is 14.0. The van der Waals surface area contributed by atoms with Gasteiger partial charge in [-0.05, 0) is 65.4 Å². The summed E-state index contributed by atoms with van der Waals surface area (Å²) >= 11 is 0. The second-order valence-electron chi connectivity index (χ2n) is 10.5. The molecule has 0 amide bonds. The number of benzene rings is 4. The number of Topliss-reactive ketones (excluding diaryl/α,β-unsaturated/α-hetero) is 1. The van der Waals surface area contributed by atoms with E-state index in [1.807, 2.05) is 91.0 Å². The molecule has 2 N–H and O–H groups in total. The van der Waals surface area contributed by atoms with Crippen LogP contribution in [-0.4, -0.2) is 27.1 Å². The van der Waals surface area contributed by atoms with E-state index in [1.54, 1.807) is 21.3 Å². The Balaban J connectivity index is 1.33. The van der Waals surface area contributed by atoms with Crippen LogP contribution < -0.4 is 29.6 Å². The minimum absolute atomic E-state index is 0.0582. The summed E-state index contributed by atoms with van der Waals surface area (Å²) in [4.78, 5) is 14.0. The number of hydrogen-bond acceptors (Lipinski definition) is 7. The van der Waals surface area contributed by atoms with Gasteiger partial charge in [-0.2, -0.15) is 0 Å². The number of anilines is 2. The highest BCUT2D eigenvalue weighted by molar-refractivity contribution is 6.01. The molecule has 0 radical (unpaired) electrons. The van der Waals surface area contributed by atoms with Crippen LogP contribution in [0, 0.1) is 0 Å². The molecule has 0 aromatic heterocycles. The van der Waals surface area contributed by atoms with E-state index in [0.29, 0.717) is 36.7 Å². The van der Waals surface area contributed by atoms with Crippen molar-refractivity contribution in [2.75, 3.05) is 32.0 Å². The molecular weight excluding hydrogens is 528 g/mol. The number of rotatable bonds is 8. The first-order valence-corrected chi connectivity index (χ1v) is 14.0. The van der Waals surface area contributed by atoms with E-state index in [0.717, 1.165) is 45.1 Å². The number of carbonyl (C=O) groups excluding carboxylic acids is 1. The van der Waals surface area contributed by atoms with Crippen molar-refractivity contribution in [3.05, 3.63) is 119 Å². The quantitative estimate of drug-likeness (QED) is 0.234. The number of para-hydroxylation sites is 2. The fraction of sp³-hybridized carbons (Fsp3) is 0.229. The molecule has 1 aliphatic heterocycles. The molecule has 6 rings (SSSR count). The summed E-state index contributed by atoms with van der Waals surface area (Å²) in [6, 6.07) is 29.7. The first kappa shape index (κ1) is 27.3. The number of allylic oxidation sites excluding steroid dienone is 1. The number of hydrogen-bond donors (Lipinski definition) is 2. The minimum Gasteiger partial charge on any atom is -0.493 e. The first-order valence-electron chi connectivity index (χ1n) is 14.0. The van der Waals surface area contributed by atoms with E-state index in [9.17, 15) is 4.79 Å². The van der Waals surface area contributed by atoms with Crippen molar-refractivity contribution in [1.29, 1.82) is 0 Å². The molecule has 0 spiro atoms. The van der Waals surface area contributed by atoms with Gasteiger partial charge in [-0.15, -0.1) is 0 Å². The van der Waals surface area contributed by atoms with Gasteiger partial charge < -0.3 is 29.6 Å². The molecule has 0 saturated heterocycles. The van der Waals surface area contributed by atoms with Gasteiger partial charge in [-0.1, -0.05) is 54.6 Å². The highest BCUT2D eigenvalue weighted by atomic mass is 16.5. The van der Waals surface area contributed by atoms with Crippen LogP contribution in [0.2, 0.25) is 0 Å². The fourth-order valence-electron chi connectivity index (χ4n) is 5.81. The van der Waals surface area contributed by atoms with Crippen LogP contribution in [0.25, 0.3) is 0 Å². The molecule has 2 aliphatic rings. The molecule has 4 aromatic rings. The zero-order valence-corrected chi connectivity index (χ0v) is 24.0. The van der Waals surface area contributed by atoms with Gasteiger partial charge >= 0.3 is 0 Å². The summed E-state index contributed by atoms with van der Waals surface area (Å²) in [5.74, 6) is 2.50. The fourth-order valence-corrected chi connectivity index (χ4v) is 5.81. The lowest BCUT2D eigenvalue weighted by molar-refractivity contribution is -0.116. The number of fused-ring (bicyclic) bond motifs is 1. The molecule has 1 heterocycles. The zero-order chi connectivity index (χ0) is 29.1. The van der Waals surface area contributed by atoms with Crippen molar-refractivity contribution in [3.8, 4) is 23.0 Å². The van der Waals surface area contributed by atoms with E-state index in [1.165, 1.54) is 0 Å². The maximum Gasteiger partial charge on any atom is 0.203 e. The standard InChI is InChI=1S/C35H34N2O5/c1-39-31-19-25(20-32(40-2)35(31)41-3)24-17-29-33(30(38)18-24)34(37-28-12-8-7-11-27(28)36-29)23-13-15-26(16-14-23)42-21-22-9-5-4-6-10-22/h4-16,19-20,24,34,36-37H,17-18,21H2,1-3H3/t24-,34+/m0/s1. The molecule has 7 nitrogen and oxygen atoms in total. The molecule has 1 aliphatic carbocycles. The van der Waals surface area contributed by atoms with Crippen molar-refractivity contribution in [1.82, 2.24) is 0 Å². The summed E-state index contributed by atoms with van der Waals surface area (Å²) in [6.45, 7) is 0.495. The second kappa shape index (κ2) is 11.9. The Kier molecular flexibility index (Phi) is 7.73. The third-order valence-corrected chi connectivity index (χ3v) is 7.93. The SMILES string of the molecule is COc1cc([C@@H]2CC(=O)C3=C(C2)Nc2ccccc2N[C@@H]3c2ccc(OCc3ccccc3)cc2)cc(OC)c1OC. The zero-order valence-electron chi connectivity index (χ0n) is 24.0. The van der Waals surface area contributed by atoms with Crippen molar-refractivity contribution in [3.63, 3.8) is 0 Å². The maximum absolute atomic E-state index is 14.0. The lowest BCUT2D eigenvalue weighted by atomic mass is 9.78. The van der Waals surface area contributed by atoms with Gasteiger partial charge in [0.15, 0.2) is 17.3 Å². The Hall–Kier alpha value is -4.91. The molecule has 214 valence electrons. The average molecular weight is 563 g/mol. The van der Waals surface area contributed by atoms with Crippen molar-refractivity contribution in [2.45, 2.75) is 31.4 Å². The van der Waals surface area contributed by atoms with Gasteiger partial charge in [0.2, 0.25) is 5.75 Å². The predicted molar refractivity (Wildman–Crippen MR) is 164 cm³/mol. The van der Waals surface area contributed by atoms with E-state index >= 15 is 0 Å². The van der Waals surface area contributed by atoms with Crippen molar-refractivity contribution < 1.29 is 23.7 Å². The van der Waals surface area contributed by atoms with Gasteiger partial charge in [0.25, 0.3) is 0 Å². The van der Waals surface area contributed by atoms with Gasteiger partial charge in [-0.3, -0.25) is 4.79 Å². The summed E-state index contributed by atoms with van der Waals surface area (Å²) in [5, 5.41) is 7.26. The molecule has 0 fully saturated rings. The molecule has 0 unspecified atom stereocenters. The Morgan fingerprint density at radius 2 is 1.40 bits per heavy atom. The first-order chi connectivity index (χ1) is 20.6. The largest absolute Gasteiger partial charge is 0.493 e. The number of carbonyl (C=O) groups is 1. The van der Waals surface area contributed by atoms with Gasteiger partial charge in [0, 0.05) is 17.7 Å². The van der Waals surface area contributed by atoms with Gasteiger partial charge in [0.05, 0.1) is 38.7 Å². The third-order valence-electron chi connectivity index (χ3n) is 7.93. The summed E-state index contributed by atoms with van der Waals surface area (Å²) < 4.78 is 22.7. The Morgan fingerprint density at radius 1 is 0.738 bits per heavy atom. The van der Waals surface area contributed by atoms with Crippen LogP contribution in [-0.2, 0) is 11.4 Å². The van der Waals surface area contributed by atoms with Gasteiger partial charge in [0.1, 0.15) is 12.4 Å². The Morgan fingerprint density at radius 3 is 2.07 bits per heavy atom. The van der Waals surface area contributed by atoms with Crippen molar-refractivity contribution >= 4 is 17.2 Å². The molecule has 0 bridgehead atoms. The molecule has 0 saturated carbocycles. The van der Waals surface area contributed by atoms with E-state index in [4.69, 9.17) is 18.9 Å². The van der Waals surface area contributed by atoms with Crippen molar-refractivity contribution in [2.24, 2.45) is 0 Å². The smallest absolute Gasteiger partial charge is 0.203 e. The number of methoxy groups -OCH3 is 3. The average Bonchev–Trinajstić information content (AvgIpc) is 3.21. The lowest BCUT2D eigenvalue weighted by Crippen LogP contribution is -2.27. The molecule has 4 aromatic carbocycles. The number of ketones is 1. The van der Waals surface area contributed by atoms with E-state index in [-0.39, 0.29) is 17.7 Å².